The summed E-state index contributed by atoms with van der Waals surface area (Å²) in [6.07, 6.45) is 3.70. The summed E-state index contributed by atoms with van der Waals surface area (Å²) in [7, 11) is 0. The van der Waals surface area contributed by atoms with Crippen molar-refractivity contribution < 1.29 is 0 Å². The molecule has 27 heavy (non-hydrogen) atoms. The molecule has 1 aromatic heterocycles. The maximum atomic E-state index is 7.78. The van der Waals surface area contributed by atoms with Gasteiger partial charge in [0.1, 0.15) is 12.1 Å². The molecule has 0 spiro atoms. The van der Waals surface area contributed by atoms with E-state index in [0.717, 1.165) is 65.2 Å². The summed E-state index contributed by atoms with van der Waals surface area (Å²) < 4.78 is 0. The number of nitrogens with two attached hydrogens (primary N) is 1. The fraction of sp³-hybridized carbons (Fsp3) is 0.286. The summed E-state index contributed by atoms with van der Waals surface area (Å²) in [5, 5.41) is 12.2. The Morgan fingerprint density at radius 2 is 2.00 bits per heavy atom. The van der Waals surface area contributed by atoms with Crippen LogP contribution in [0.25, 0.3) is 10.9 Å². The predicted octanol–water partition coefficient (Wildman–Crippen LogP) is 2.52. The van der Waals surface area contributed by atoms with Crippen LogP contribution in [-0.2, 0) is 6.42 Å². The fourth-order valence-electron chi connectivity index (χ4n) is 3.79. The molecule has 0 unspecified atom stereocenters. The molecule has 0 amide bonds. The maximum Gasteiger partial charge on any atom is 0.139 e. The van der Waals surface area contributed by atoms with Gasteiger partial charge in [0.2, 0.25) is 0 Å². The molecule has 0 aliphatic carbocycles. The summed E-state index contributed by atoms with van der Waals surface area (Å²) >= 11 is 0. The lowest BCUT2D eigenvalue weighted by atomic mass is 9.93. The molecule has 0 bridgehead atoms. The Hall–Kier alpha value is -2.99. The molecule has 138 valence electrons. The molecule has 4 rings (SSSR count). The molecule has 2 aromatic carbocycles. The second-order valence-corrected chi connectivity index (χ2v) is 6.93. The lowest BCUT2D eigenvalue weighted by Crippen LogP contribution is -2.44. The van der Waals surface area contributed by atoms with Gasteiger partial charge >= 0.3 is 0 Å². The van der Waals surface area contributed by atoms with E-state index >= 15 is 0 Å². The SMILES string of the molecule is Cc1ccc(N)c(C=N)c1Cc1cccc2c(N3CCNCC3)ncnc12. The minimum absolute atomic E-state index is 0.641. The first kappa shape index (κ1) is 17.4. The summed E-state index contributed by atoms with van der Waals surface area (Å²) in [5.41, 5.74) is 11.9. The predicted molar refractivity (Wildman–Crippen MR) is 111 cm³/mol. The van der Waals surface area contributed by atoms with Gasteiger partial charge in [0.15, 0.2) is 0 Å². The third-order valence-electron chi connectivity index (χ3n) is 5.28. The Morgan fingerprint density at radius 1 is 1.19 bits per heavy atom. The van der Waals surface area contributed by atoms with Crippen molar-refractivity contribution in [1.82, 2.24) is 15.3 Å². The van der Waals surface area contributed by atoms with Crippen LogP contribution in [0.3, 0.4) is 0 Å². The number of para-hydroxylation sites is 1. The molecule has 4 N–H and O–H groups in total. The van der Waals surface area contributed by atoms with Gasteiger partial charge < -0.3 is 21.4 Å². The number of aryl methyl sites for hydroxylation is 1. The molecule has 0 radical (unpaired) electrons. The van der Waals surface area contributed by atoms with E-state index in [4.69, 9.17) is 11.1 Å². The first-order valence-electron chi connectivity index (χ1n) is 9.25. The van der Waals surface area contributed by atoms with E-state index in [2.05, 4.69) is 45.3 Å². The second-order valence-electron chi connectivity index (χ2n) is 6.93. The molecule has 1 fully saturated rings. The Bertz CT molecular complexity index is 991. The normalized spacial score (nSPS) is 14.5. The first-order chi connectivity index (χ1) is 13.2. The Morgan fingerprint density at radius 3 is 2.78 bits per heavy atom. The van der Waals surface area contributed by atoms with Gasteiger partial charge in [-0.2, -0.15) is 0 Å². The van der Waals surface area contributed by atoms with Gasteiger partial charge in [-0.25, -0.2) is 9.97 Å². The molecule has 1 aliphatic rings. The molecule has 3 aromatic rings. The summed E-state index contributed by atoms with van der Waals surface area (Å²) in [6, 6.07) is 10.2. The number of rotatable bonds is 4. The number of benzene rings is 2. The molecular weight excluding hydrogens is 336 g/mol. The Kier molecular flexibility index (Phi) is 4.73. The second kappa shape index (κ2) is 7.32. The number of hydrogen-bond acceptors (Lipinski definition) is 6. The fourth-order valence-corrected chi connectivity index (χ4v) is 3.79. The topological polar surface area (TPSA) is 90.9 Å². The van der Waals surface area contributed by atoms with Gasteiger partial charge in [0, 0.05) is 55.5 Å². The van der Waals surface area contributed by atoms with Crippen LogP contribution in [-0.4, -0.2) is 42.4 Å². The summed E-state index contributed by atoms with van der Waals surface area (Å²) in [4.78, 5) is 11.5. The number of nitrogen functional groups attached to an aromatic ring is 1. The van der Waals surface area contributed by atoms with Crippen LogP contribution in [0, 0.1) is 12.3 Å². The Balaban J connectivity index is 1.80. The van der Waals surface area contributed by atoms with Crippen molar-refractivity contribution in [3.05, 3.63) is 58.9 Å². The lowest BCUT2D eigenvalue weighted by molar-refractivity contribution is 0.586. The highest BCUT2D eigenvalue weighted by molar-refractivity contribution is 5.92. The first-order valence-corrected chi connectivity index (χ1v) is 9.25. The molecule has 1 aliphatic heterocycles. The summed E-state index contributed by atoms with van der Waals surface area (Å²) in [6.45, 7) is 5.89. The average molecular weight is 360 g/mol. The largest absolute Gasteiger partial charge is 0.398 e. The molecule has 6 nitrogen and oxygen atoms in total. The number of nitrogens with zero attached hydrogens (tertiary/aromatic N) is 3. The van der Waals surface area contributed by atoms with Gasteiger partial charge in [-0.15, -0.1) is 0 Å². The summed E-state index contributed by atoms with van der Waals surface area (Å²) in [5.74, 6) is 1.000. The van der Waals surface area contributed by atoms with Crippen molar-refractivity contribution in [1.29, 1.82) is 5.41 Å². The minimum atomic E-state index is 0.641. The van der Waals surface area contributed by atoms with Crippen LogP contribution >= 0.6 is 0 Å². The molecule has 1 saturated heterocycles. The monoisotopic (exact) mass is 360 g/mol. The van der Waals surface area contributed by atoms with E-state index in [9.17, 15) is 0 Å². The van der Waals surface area contributed by atoms with Crippen LogP contribution in [0.2, 0.25) is 0 Å². The van der Waals surface area contributed by atoms with Gasteiger partial charge in [-0.05, 0) is 35.7 Å². The molecular formula is C21H24N6. The number of piperazine rings is 1. The van der Waals surface area contributed by atoms with Crippen LogP contribution < -0.4 is 16.0 Å². The van der Waals surface area contributed by atoms with Crippen molar-refractivity contribution in [2.45, 2.75) is 13.3 Å². The number of aromatic nitrogens is 2. The Labute approximate surface area is 158 Å². The van der Waals surface area contributed by atoms with Crippen LogP contribution in [0.15, 0.2) is 36.7 Å². The van der Waals surface area contributed by atoms with Gasteiger partial charge in [-0.1, -0.05) is 18.2 Å². The van der Waals surface area contributed by atoms with Gasteiger partial charge in [-0.3, -0.25) is 0 Å². The highest BCUT2D eigenvalue weighted by atomic mass is 15.2. The van der Waals surface area contributed by atoms with E-state index in [1.54, 1.807) is 6.33 Å². The van der Waals surface area contributed by atoms with E-state index < -0.39 is 0 Å². The zero-order valence-electron chi connectivity index (χ0n) is 15.5. The molecule has 0 saturated carbocycles. The standard InChI is InChI=1S/C21H24N6/c1-14-5-6-19(23)18(12-22)17(14)11-15-3-2-4-16-20(15)25-13-26-21(16)27-9-7-24-8-10-27/h2-6,12-13,22,24H,7-11,23H2,1H3. The number of fused-ring (bicyclic) bond motifs is 1. The van der Waals surface area contributed by atoms with Crippen molar-refractivity contribution in [2.24, 2.45) is 0 Å². The number of anilines is 2. The third-order valence-corrected chi connectivity index (χ3v) is 5.28. The number of hydrogen-bond donors (Lipinski definition) is 3. The lowest BCUT2D eigenvalue weighted by Gasteiger charge is -2.29. The third kappa shape index (κ3) is 3.24. The maximum absolute atomic E-state index is 7.78. The van der Waals surface area contributed by atoms with Crippen LogP contribution in [0.1, 0.15) is 22.3 Å². The van der Waals surface area contributed by atoms with Crippen LogP contribution in [0.5, 0.6) is 0 Å². The van der Waals surface area contributed by atoms with Crippen molar-refractivity contribution in [3.63, 3.8) is 0 Å². The highest BCUT2D eigenvalue weighted by Gasteiger charge is 2.17. The minimum Gasteiger partial charge on any atom is -0.398 e. The smallest absolute Gasteiger partial charge is 0.139 e. The van der Waals surface area contributed by atoms with E-state index in [1.165, 1.54) is 6.21 Å². The van der Waals surface area contributed by atoms with Crippen LogP contribution in [0.4, 0.5) is 11.5 Å². The molecule has 2 heterocycles. The van der Waals surface area contributed by atoms with E-state index in [1.807, 2.05) is 12.1 Å². The van der Waals surface area contributed by atoms with E-state index in [-0.39, 0.29) is 0 Å². The average Bonchev–Trinajstić information content (AvgIpc) is 2.71. The molecule has 0 atom stereocenters. The zero-order chi connectivity index (χ0) is 18.8. The highest BCUT2D eigenvalue weighted by Crippen LogP contribution is 2.29. The number of nitrogens with one attached hydrogen (secondary N) is 2. The van der Waals surface area contributed by atoms with Crippen molar-refractivity contribution in [3.8, 4) is 0 Å². The molecule has 6 heteroatoms. The van der Waals surface area contributed by atoms with Crippen molar-refractivity contribution >= 4 is 28.6 Å². The van der Waals surface area contributed by atoms with Crippen molar-refractivity contribution in [2.75, 3.05) is 36.8 Å². The van der Waals surface area contributed by atoms with Gasteiger partial charge in [0.05, 0.1) is 5.52 Å². The zero-order valence-corrected chi connectivity index (χ0v) is 15.5. The van der Waals surface area contributed by atoms with E-state index in [0.29, 0.717) is 12.1 Å². The van der Waals surface area contributed by atoms with Gasteiger partial charge in [0.25, 0.3) is 0 Å². The quantitative estimate of drug-likeness (QED) is 0.491.